The Balaban J connectivity index is 1.47. The van der Waals surface area contributed by atoms with Gasteiger partial charge in [0, 0.05) is 32.8 Å². The third-order valence-corrected chi connectivity index (χ3v) is 4.83. The second kappa shape index (κ2) is 6.65. The average molecular weight is 303 g/mol. The molecule has 1 aromatic rings. The number of aromatic nitrogens is 1. The van der Waals surface area contributed by atoms with Crippen molar-refractivity contribution in [1.29, 1.82) is 0 Å². The smallest absolute Gasteiger partial charge is 0.219 e. The summed E-state index contributed by atoms with van der Waals surface area (Å²) in [5.41, 5.74) is 1.27. The molecule has 1 amide bonds. The Labute approximate surface area is 132 Å². The van der Waals surface area contributed by atoms with Crippen molar-refractivity contribution < 1.29 is 9.53 Å². The lowest BCUT2D eigenvalue weighted by Crippen LogP contribution is -2.46. The summed E-state index contributed by atoms with van der Waals surface area (Å²) in [6, 6.07) is 2.63. The Bertz CT molecular complexity index is 530. The number of hydrogen-bond donors (Lipinski definition) is 1. The number of nitrogens with one attached hydrogen (secondary N) is 1. The first-order valence-electron chi connectivity index (χ1n) is 8.16. The van der Waals surface area contributed by atoms with Gasteiger partial charge in [-0.2, -0.15) is 0 Å². The van der Waals surface area contributed by atoms with E-state index in [9.17, 15) is 4.79 Å². The van der Waals surface area contributed by atoms with Crippen LogP contribution < -0.4 is 10.1 Å². The molecular weight excluding hydrogens is 278 g/mol. The molecule has 3 atom stereocenters. The van der Waals surface area contributed by atoms with Gasteiger partial charge in [-0.1, -0.05) is 0 Å². The minimum atomic E-state index is 0.138. The van der Waals surface area contributed by atoms with Gasteiger partial charge in [-0.25, -0.2) is 0 Å². The van der Waals surface area contributed by atoms with Crippen LogP contribution in [0.5, 0.6) is 5.75 Å². The van der Waals surface area contributed by atoms with E-state index in [1.54, 1.807) is 18.0 Å². The van der Waals surface area contributed by atoms with E-state index in [2.05, 4.69) is 16.4 Å². The molecule has 1 aromatic heterocycles. The topological polar surface area (TPSA) is 54.5 Å². The van der Waals surface area contributed by atoms with Gasteiger partial charge in [-0.05, 0) is 49.3 Å². The number of nitrogens with zero attached hydrogens (tertiary/aromatic N) is 2. The van der Waals surface area contributed by atoms with Crippen LogP contribution in [0.2, 0.25) is 0 Å². The number of hydrogen-bond acceptors (Lipinski definition) is 4. The maximum atomic E-state index is 11.2. The van der Waals surface area contributed by atoms with Gasteiger partial charge in [-0.3, -0.25) is 9.78 Å². The minimum Gasteiger partial charge on any atom is -0.490 e. The predicted octanol–water partition coefficient (Wildman–Crippen LogP) is 1.79. The molecular formula is C17H25N3O2. The van der Waals surface area contributed by atoms with Crippen molar-refractivity contribution in [3.05, 3.63) is 24.0 Å². The molecule has 1 saturated heterocycles. The summed E-state index contributed by atoms with van der Waals surface area (Å²) in [7, 11) is 1.87. The lowest BCUT2D eigenvalue weighted by molar-refractivity contribution is -0.127. The van der Waals surface area contributed by atoms with E-state index in [-0.39, 0.29) is 5.91 Å². The lowest BCUT2D eigenvalue weighted by Gasteiger charge is -2.27. The molecule has 1 aliphatic carbocycles. The Kier molecular flexibility index (Phi) is 4.62. The first-order valence-corrected chi connectivity index (χ1v) is 8.16. The number of amides is 1. The van der Waals surface area contributed by atoms with Crippen LogP contribution in [-0.2, 0) is 4.79 Å². The van der Waals surface area contributed by atoms with Crippen molar-refractivity contribution in [3.8, 4) is 5.75 Å². The van der Waals surface area contributed by atoms with Gasteiger partial charge in [0.2, 0.25) is 5.91 Å². The summed E-state index contributed by atoms with van der Waals surface area (Å²) < 4.78 is 5.82. The number of pyridine rings is 1. The summed E-state index contributed by atoms with van der Waals surface area (Å²) in [6.45, 7) is 4.28. The van der Waals surface area contributed by atoms with E-state index >= 15 is 0 Å². The van der Waals surface area contributed by atoms with Crippen molar-refractivity contribution >= 4 is 5.91 Å². The fraction of sp³-hybridized carbons (Fsp3) is 0.647. The molecule has 1 saturated carbocycles. The molecule has 5 nitrogen and oxygen atoms in total. The van der Waals surface area contributed by atoms with Gasteiger partial charge in [0.1, 0.15) is 12.4 Å². The monoisotopic (exact) mass is 303 g/mol. The highest BCUT2D eigenvalue weighted by atomic mass is 16.5. The van der Waals surface area contributed by atoms with Crippen molar-refractivity contribution in [2.45, 2.75) is 38.1 Å². The normalized spacial score (nSPS) is 26.2. The van der Waals surface area contributed by atoms with E-state index in [4.69, 9.17) is 4.74 Å². The van der Waals surface area contributed by atoms with Crippen LogP contribution in [-0.4, -0.2) is 48.6 Å². The highest BCUT2D eigenvalue weighted by molar-refractivity contribution is 5.72. The van der Waals surface area contributed by atoms with Crippen LogP contribution in [0.15, 0.2) is 18.5 Å². The first kappa shape index (κ1) is 15.3. The summed E-state index contributed by atoms with van der Waals surface area (Å²) in [4.78, 5) is 17.3. The van der Waals surface area contributed by atoms with Crippen LogP contribution in [0.3, 0.4) is 0 Å². The van der Waals surface area contributed by atoms with Crippen LogP contribution in [0.1, 0.15) is 37.7 Å². The molecule has 2 heterocycles. The summed E-state index contributed by atoms with van der Waals surface area (Å²) >= 11 is 0. The predicted molar refractivity (Wildman–Crippen MR) is 84.9 cm³/mol. The van der Waals surface area contributed by atoms with E-state index in [0.717, 1.165) is 31.9 Å². The molecule has 5 heteroatoms. The van der Waals surface area contributed by atoms with Crippen LogP contribution in [0.4, 0.5) is 0 Å². The molecule has 0 aromatic carbocycles. The molecule has 2 aliphatic rings. The maximum Gasteiger partial charge on any atom is 0.219 e. The summed E-state index contributed by atoms with van der Waals surface area (Å²) in [5.74, 6) is 2.27. The molecule has 2 fully saturated rings. The highest BCUT2D eigenvalue weighted by Crippen LogP contribution is 2.49. The van der Waals surface area contributed by atoms with Gasteiger partial charge < -0.3 is 15.0 Å². The number of carbonyl (C=O) groups excluding carboxylic acids is 1. The Morgan fingerprint density at radius 1 is 1.50 bits per heavy atom. The minimum absolute atomic E-state index is 0.138. The largest absolute Gasteiger partial charge is 0.490 e. The van der Waals surface area contributed by atoms with Crippen LogP contribution in [0, 0.1) is 5.92 Å². The number of carbonyl (C=O) groups is 1. The van der Waals surface area contributed by atoms with Crippen molar-refractivity contribution in [1.82, 2.24) is 15.2 Å². The molecule has 1 aliphatic heterocycles. The zero-order valence-electron chi connectivity index (χ0n) is 13.4. The van der Waals surface area contributed by atoms with E-state index in [0.29, 0.717) is 17.9 Å². The Morgan fingerprint density at radius 3 is 3.00 bits per heavy atom. The molecule has 120 valence electrons. The lowest BCUT2D eigenvalue weighted by atomic mass is 10.1. The van der Waals surface area contributed by atoms with Gasteiger partial charge in [0.25, 0.3) is 0 Å². The van der Waals surface area contributed by atoms with Gasteiger partial charge in [0.05, 0.1) is 6.20 Å². The second-order valence-electron chi connectivity index (χ2n) is 6.54. The molecule has 0 spiro atoms. The SMILES string of the molecule is CC(=O)N(C)CC[C@H]1C[C@@H]1c1cncc(OC[C@@H]2CCN2)c1. The van der Waals surface area contributed by atoms with Crippen molar-refractivity contribution in [3.63, 3.8) is 0 Å². The Hall–Kier alpha value is -1.62. The van der Waals surface area contributed by atoms with E-state index < -0.39 is 0 Å². The molecule has 22 heavy (non-hydrogen) atoms. The summed E-state index contributed by atoms with van der Waals surface area (Å²) in [6.07, 6.45) is 7.21. The van der Waals surface area contributed by atoms with Crippen LogP contribution in [0.25, 0.3) is 0 Å². The molecule has 0 radical (unpaired) electrons. The van der Waals surface area contributed by atoms with Crippen molar-refractivity contribution in [2.75, 3.05) is 26.7 Å². The van der Waals surface area contributed by atoms with E-state index in [1.807, 2.05) is 13.2 Å². The Morgan fingerprint density at radius 2 is 2.32 bits per heavy atom. The maximum absolute atomic E-state index is 11.2. The van der Waals surface area contributed by atoms with Gasteiger partial charge >= 0.3 is 0 Å². The van der Waals surface area contributed by atoms with E-state index in [1.165, 1.54) is 18.4 Å². The first-order chi connectivity index (χ1) is 10.6. The average Bonchev–Trinajstić information content (AvgIpc) is 3.23. The number of rotatable bonds is 7. The fourth-order valence-electron chi connectivity index (χ4n) is 2.90. The molecule has 0 unspecified atom stereocenters. The zero-order chi connectivity index (χ0) is 15.5. The zero-order valence-corrected chi connectivity index (χ0v) is 13.4. The van der Waals surface area contributed by atoms with Gasteiger partial charge in [-0.15, -0.1) is 0 Å². The van der Waals surface area contributed by atoms with Crippen LogP contribution >= 0.6 is 0 Å². The molecule has 3 rings (SSSR count). The summed E-state index contributed by atoms with van der Waals surface area (Å²) in [5, 5.41) is 3.33. The van der Waals surface area contributed by atoms with Crippen molar-refractivity contribution in [2.24, 2.45) is 5.92 Å². The third-order valence-electron chi connectivity index (χ3n) is 4.83. The molecule has 0 bridgehead atoms. The fourth-order valence-corrected chi connectivity index (χ4v) is 2.90. The second-order valence-corrected chi connectivity index (χ2v) is 6.54. The van der Waals surface area contributed by atoms with Gasteiger partial charge in [0.15, 0.2) is 0 Å². The number of ether oxygens (including phenoxy) is 1. The third kappa shape index (κ3) is 3.77. The molecule has 1 N–H and O–H groups in total. The highest BCUT2D eigenvalue weighted by Gasteiger charge is 2.38. The quantitative estimate of drug-likeness (QED) is 0.834. The standard InChI is InChI=1S/C17H25N3O2/c1-12(21)20(2)6-4-13-8-17(13)14-7-16(10-18-9-14)22-11-15-3-5-19-15/h7,9-10,13,15,17,19H,3-6,8,11H2,1-2H3/t13-,15-,17-/m0/s1.